The third kappa shape index (κ3) is 3.45. The molecule has 0 fully saturated rings. The van der Waals surface area contributed by atoms with Crippen LogP contribution in [0.1, 0.15) is 39.5 Å². The molecule has 112 valence electrons. The Hall–Kier alpha value is -1.39. The van der Waals surface area contributed by atoms with Gasteiger partial charge in [-0.25, -0.2) is 0 Å². The van der Waals surface area contributed by atoms with Crippen molar-refractivity contribution in [1.29, 1.82) is 0 Å². The van der Waals surface area contributed by atoms with E-state index in [9.17, 15) is 9.59 Å². The van der Waals surface area contributed by atoms with Crippen LogP contribution in [-0.4, -0.2) is 11.9 Å². The molecule has 2 rings (SSSR count). The summed E-state index contributed by atoms with van der Waals surface area (Å²) in [5.41, 5.74) is 0. The van der Waals surface area contributed by atoms with Gasteiger partial charge in [0.05, 0.1) is 0 Å². The van der Waals surface area contributed by atoms with Gasteiger partial charge in [-0.15, -0.1) is 0 Å². The molecule has 4 nitrogen and oxygen atoms in total. The van der Waals surface area contributed by atoms with Gasteiger partial charge in [-0.2, -0.15) is 0 Å². The van der Waals surface area contributed by atoms with Crippen LogP contribution in [0.5, 0.6) is 0 Å². The Morgan fingerprint density at radius 2 is 1.38 bits per heavy atom. The van der Waals surface area contributed by atoms with E-state index in [-0.39, 0.29) is 24.8 Å². The molecule has 0 aromatic rings. The average molecular weight is 324 g/mol. The maximum absolute atomic E-state index is 11.9. The summed E-state index contributed by atoms with van der Waals surface area (Å²) in [4.78, 5) is 23.9. The zero-order chi connectivity index (χ0) is 15.3. The third-order valence-corrected chi connectivity index (χ3v) is 8.89. The minimum atomic E-state index is -3.83. The molecule has 0 radical (unpaired) electrons. The van der Waals surface area contributed by atoms with E-state index < -0.39 is 17.4 Å². The first-order valence-electron chi connectivity index (χ1n) is 7.28. The van der Waals surface area contributed by atoms with Crippen molar-refractivity contribution in [1.82, 2.24) is 0 Å². The van der Waals surface area contributed by atoms with Crippen molar-refractivity contribution in [3.05, 3.63) is 44.2 Å². The molecule has 0 saturated carbocycles. The van der Waals surface area contributed by atoms with Gasteiger partial charge in [0.1, 0.15) is 0 Å². The summed E-state index contributed by atoms with van der Waals surface area (Å²) >= 11 is -3.83. The quantitative estimate of drug-likeness (QED) is 0.701. The van der Waals surface area contributed by atoms with Gasteiger partial charge in [-0.1, -0.05) is 0 Å². The number of carbonyl (C=O) groups excluding carboxylic acids is 2. The molecule has 0 unspecified atom stereocenters. The van der Waals surface area contributed by atoms with Crippen LogP contribution in [0.2, 0.25) is 0 Å². The van der Waals surface area contributed by atoms with Gasteiger partial charge in [-0.05, 0) is 0 Å². The van der Waals surface area contributed by atoms with Gasteiger partial charge in [-0.3, -0.25) is 0 Å². The number of rotatable bonds is 6. The first-order valence-corrected chi connectivity index (χ1v) is 10.1. The summed E-state index contributed by atoms with van der Waals surface area (Å²) in [6.45, 7) is 3.50. The van der Waals surface area contributed by atoms with Crippen LogP contribution in [0.3, 0.4) is 0 Å². The predicted octanol–water partition coefficient (Wildman–Crippen LogP) is 3.56. The predicted molar refractivity (Wildman–Crippen MR) is 76.4 cm³/mol. The van der Waals surface area contributed by atoms with Crippen molar-refractivity contribution in [3.63, 3.8) is 0 Å². The molecule has 0 atom stereocenters. The molecule has 0 spiro atoms. The van der Waals surface area contributed by atoms with E-state index in [1.165, 1.54) is 0 Å². The summed E-state index contributed by atoms with van der Waals surface area (Å²) < 4.78 is 13.6. The average Bonchev–Trinajstić information content (AvgIpc) is 3.18. The molecule has 2 aliphatic rings. The Balaban J connectivity index is 2.41. The Labute approximate surface area is 129 Å². The van der Waals surface area contributed by atoms with E-state index >= 15 is 0 Å². The molecule has 21 heavy (non-hydrogen) atoms. The molecule has 0 saturated heterocycles. The maximum atomic E-state index is 11.9. The van der Waals surface area contributed by atoms with E-state index in [1.54, 1.807) is 13.8 Å². The first-order chi connectivity index (χ1) is 10.1. The van der Waals surface area contributed by atoms with Crippen LogP contribution < -0.4 is 0 Å². The van der Waals surface area contributed by atoms with Crippen molar-refractivity contribution >= 4 is 11.9 Å². The van der Waals surface area contributed by atoms with Gasteiger partial charge >= 0.3 is 129 Å². The van der Waals surface area contributed by atoms with Crippen molar-refractivity contribution in [2.45, 2.75) is 39.5 Å². The molecule has 0 N–H and O–H groups in total. The molecule has 0 bridgehead atoms. The van der Waals surface area contributed by atoms with Crippen LogP contribution in [-0.2, 0) is 33.6 Å². The Kier molecular flexibility index (Phi) is 5.37. The van der Waals surface area contributed by atoms with E-state index in [4.69, 9.17) is 6.64 Å². The van der Waals surface area contributed by atoms with Crippen LogP contribution in [0.15, 0.2) is 44.2 Å². The van der Waals surface area contributed by atoms with Gasteiger partial charge < -0.3 is 0 Å². The summed E-state index contributed by atoms with van der Waals surface area (Å²) in [5, 5.41) is 0. The number of carbonyl (C=O) groups is 2. The summed E-state index contributed by atoms with van der Waals surface area (Å²) in [5.74, 6) is -0.612. The van der Waals surface area contributed by atoms with Crippen LogP contribution in [0, 0.1) is 0 Å². The topological polar surface area (TPSA) is 52.6 Å². The minimum absolute atomic E-state index is 0.276. The molecule has 2 aliphatic carbocycles. The van der Waals surface area contributed by atoms with E-state index in [0.717, 1.165) is 7.76 Å². The van der Waals surface area contributed by atoms with Gasteiger partial charge in [0.2, 0.25) is 0 Å². The normalized spacial score (nSPS) is 16.7. The molecular weight excluding hydrogens is 304 g/mol. The first kappa shape index (κ1) is 16.0. The van der Waals surface area contributed by atoms with Gasteiger partial charge in [0, 0.05) is 0 Å². The Bertz CT molecular complexity index is 505. The van der Waals surface area contributed by atoms with Gasteiger partial charge in [0.25, 0.3) is 0 Å². The molecular formula is C16H20O4Ti. The molecule has 0 heterocycles. The van der Waals surface area contributed by atoms with Crippen molar-refractivity contribution < 1.29 is 33.6 Å². The summed E-state index contributed by atoms with van der Waals surface area (Å²) in [6.07, 6.45) is 13.6. The Morgan fingerprint density at radius 3 is 1.67 bits per heavy atom. The fourth-order valence-electron chi connectivity index (χ4n) is 2.34. The van der Waals surface area contributed by atoms with Crippen molar-refractivity contribution in [2.24, 2.45) is 0 Å². The number of hydrogen-bond donors (Lipinski definition) is 0. The fraction of sp³-hybridized carbons (Fsp3) is 0.375. The van der Waals surface area contributed by atoms with Crippen molar-refractivity contribution in [3.8, 4) is 0 Å². The SMILES string of the molecule is CCC(=O)[O][Ti]([O]C(=O)CC)([C]1=CC=CC1)[C]1=CC=CC1. The molecule has 0 aromatic carbocycles. The van der Waals surface area contributed by atoms with Crippen LogP contribution in [0.25, 0.3) is 0 Å². The number of allylic oxidation sites excluding steroid dienone is 8. The zero-order valence-corrected chi connectivity index (χ0v) is 14.0. The zero-order valence-electron chi connectivity index (χ0n) is 12.4. The second-order valence-corrected chi connectivity index (χ2v) is 9.49. The monoisotopic (exact) mass is 324 g/mol. The van der Waals surface area contributed by atoms with E-state index in [1.807, 2.05) is 36.5 Å². The van der Waals surface area contributed by atoms with E-state index in [0.29, 0.717) is 12.8 Å². The molecule has 0 aliphatic heterocycles. The Morgan fingerprint density at radius 1 is 0.952 bits per heavy atom. The summed E-state index contributed by atoms with van der Waals surface area (Å²) in [7, 11) is 0. The molecule has 0 aromatic heterocycles. The van der Waals surface area contributed by atoms with E-state index in [2.05, 4.69) is 0 Å². The van der Waals surface area contributed by atoms with Gasteiger partial charge in [0.15, 0.2) is 0 Å². The molecule has 0 amide bonds. The third-order valence-electron chi connectivity index (χ3n) is 3.48. The fourth-order valence-corrected chi connectivity index (χ4v) is 7.51. The molecule has 5 heteroatoms. The summed E-state index contributed by atoms with van der Waals surface area (Å²) in [6, 6.07) is 0. The van der Waals surface area contributed by atoms with Crippen LogP contribution >= 0.6 is 0 Å². The van der Waals surface area contributed by atoms with Crippen LogP contribution in [0.4, 0.5) is 0 Å². The standard InChI is InChI=1S/2C5H5.2C3H6O2.Ti/c2*1-2-4-5-3-1;2*1-2-3(4)5;/h2*1-3H,4H2;2*2H2,1H3,(H,4,5);/q;;;;+2/p-2. The van der Waals surface area contributed by atoms with Crippen molar-refractivity contribution in [2.75, 3.05) is 0 Å². The second kappa shape index (κ2) is 7.05. The second-order valence-electron chi connectivity index (χ2n) is 4.92. The number of hydrogen-bond acceptors (Lipinski definition) is 4.